The summed E-state index contributed by atoms with van der Waals surface area (Å²) >= 11 is 0. The maximum absolute atomic E-state index is 8.40. The molecule has 0 aliphatic rings. The van der Waals surface area contributed by atoms with Crippen LogP contribution in [0.2, 0.25) is 0 Å². The highest BCUT2D eigenvalue weighted by Crippen LogP contribution is 1.89. The Bertz CT molecular complexity index is 299. The maximum atomic E-state index is 8.40. The summed E-state index contributed by atoms with van der Waals surface area (Å²) < 4.78 is 0. The molecule has 0 amide bonds. The molecule has 7 nitrogen and oxygen atoms in total. The van der Waals surface area contributed by atoms with E-state index in [4.69, 9.17) is 10.4 Å². The molecule has 7 heteroatoms. The van der Waals surface area contributed by atoms with Crippen molar-refractivity contribution in [1.29, 1.82) is 0 Å². The summed E-state index contributed by atoms with van der Waals surface area (Å²) in [6.07, 6.45) is 0. The van der Waals surface area contributed by atoms with E-state index in [-0.39, 0.29) is 0 Å². The van der Waals surface area contributed by atoms with Crippen LogP contribution in [0.15, 0.2) is 20.6 Å². The molecule has 0 bridgehead atoms. The lowest BCUT2D eigenvalue weighted by atomic mass is 10.3. The van der Waals surface area contributed by atoms with Gasteiger partial charge in [-0.25, -0.2) is 4.94 Å². The van der Waals surface area contributed by atoms with Crippen molar-refractivity contribution in [3.8, 4) is 0 Å². The second kappa shape index (κ2) is 6.52. The van der Waals surface area contributed by atoms with Crippen molar-refractivity contribution in [2.24, 2.45) is 20.6 Å². The van der Waals surface area contributed by atoms with Crippen LogP contribution in [0.5, 0.6) is 0 Å². The highest BCUT2D eigenvalue weighted by Gasteiger charge is 1.99. The maximum Gasteiger partial charge on any atom is 0.104 e. The molecule has 0 saturated heterocycles. The first kappa shape index (κ1) is 13.1. The van der Waals surface area contributed by atoms with Gasteiger partial charge >= 0.3 is 0 Å². The SMILES string of the molecule is CC(=NO)C(C)=NON=C(C)C(C)=NO. The first-order valence-electron chi connectivity index (χ1n) is 4.16. The van der Waals surface area contributed by atoms with Crippen LogP contribution in [0.3, 0.4) is 0 Å². The van der Waals surface area contributed by atoms with Gasteiger partial charge in [0.25, 0.3) is 0 Å². The van der Waals surface area contributed by atoms with E-state index >= 15 is 0 Å². The summed E-state index contributed by atoms with van der Waals surface area (Å²) in [6.45, 7) is 6.35. The first-order chi connectivity index (χ1) is 7.02. The fourth-order valence-electron chi connectivity index (χ4n) is 0.420. The topological polar surface area (TPSA) is 99.1 Å². The molecule has 0 spiro atoms. The summed E-state index contributed by atoms with van der Waals surface area (Å²) in [4.78, 5) is 4.60. The van der Waals surface area contributed by atoms with Gasteiger partial charge in [0.15, 0.2) is 0 Å². The lowest BCUT2D eigenvalue weighted by Crippen LogP contribution is -2.07. The molecule has 0 unspecified atom stereocenters. The number of nitrogens with zero attached hydrogens (tertiary/aromatic N) is 4. The van der Waals surface area contributed by atoms with E-state index in [9.17, 15) is 0 Å². The largest absolute Gasteiger partial charge is 0.411 e. The molecule has 15 heavy (non-hydrogen) atoms. The van der Waals surface area contributed by atoms with Crippen LogP contribution in [0, 0.1) is 0 Å². The molecule has 0 saturated carbocycles. The standard InChI is InChI=1S/C8H14N4O3/c1-5(9-13)7(3)11-15-12-8(4)6(2)10-14/h13-14H,1-4H3. The van der Waals surface area contributed by atoms with Crippen molar-refractivity contribution in [2.75, 3.05) is 0 Å². The van der Waals surface area contributed by atoms with Crippen LogP contribution in [0.4, 0.5) is 0 Å². The van der Waals surface area contributed by atoms with Gasteiger partial charge in [0.05, 0.1) is 0 Å². The number of hydrogen-bond acceptors (Lipinski definition) is 7. The molecule has 0 heterocycles. The number of rotatable bonds is 4. The highest BCUT2D eigenvalue weighted by molar-refractivity contribution is 6.40. The quantitative estimate of drug-likeness (QED) is 0.421. The highest BCUT2D eigenvalue weighted by atomic mass is 16.8. The van der Waals surface area contributed by atoms with Gasteiger partial charge in [-0.3, -0.25) is 0 Å². The lowest BCUT2D eigenvalue weighted by molar-refractivity contribution is 0.156. The van der Waals surface area contributed by atoms with E-state index in [1.165, 1.54) is 0 Å². The minimum absolute atomic E-state index is 0.329. The molecule has 0 aromatic carbocycles. The number of hydrogen-bond donors (Lipinski definition) is 2. The Balaban J connectivity index is 4.42. The second-order valence-corrected chi connectivity index (χ2v) is 2.81. The van der Waals surface area contributed by atoms with Gasteiger partial charge in [0.1, 0.15) is 22.8 Å². The van der Waals surface area contributed by atoms with Gasteiger partial charge in [0, 0.05) is 0 Å². The van der Waals surface area contributed by atoms with Crippen molar-refractivity contribution < 1.29 is 15.4 Å². The Morgan fingerprint density at radius 1 is 0.733 bits per heavy atom. The Morgan fingerprint density at radius 3 is 1.33 bits per heavy atom. The van der Waals surface area contributed by atoms with Crippen LogP contribution in [0.1, 0.15) is 27.7 Å². The summed E-state index contributed by atoms with van der Waals surface area (Å²) in [5.74, 6) is 0. The minimum atomic E-state index is 0.329. The van der Waals surface area contributed by atoms with Crippen LogP contribution < -0.4 is 0 Å². The molecule has 0 aliphatic carbocycles. The molecule has 2 N–H and O–H groups in total. The second-order valence-electron chi connectivity index (χ2n) is 2.81. The molecule has 0 radical (unpaired) electrons. The Labute approximate surface area is 87.4 Å². The summed E-state index contributed by atoms with van der Waals surface area (Å²) in [5, 5.41) is 29.8. The van der Waals surface area contributed by atoms with Crippen LogP contribution in [0.25, 0.3) is 0 Å². The van der Waals surface area contributed by atoms with Gasteiger partial charge < -0.3 is 10.4 Å². The van der Waals surface area contributed by atoms with E-state index in [0.29, 0.717) is 22.8 Å². The van der Waals surface area contributed by atoms with Crippen molar-refractivity contribution in [3.63, 3.8) is 0 Å². The van der Waals surface area contributed by atoms with E-state index in [2.05, 4.69) is 25.6 Å². The Morgan fingerprint density at radius 2 is 1.07 bits per heavy atom. The molecular formula is C8H14N4O3. The van der Waals surface area contributed by atoms with Crippen molar-refractivity contribution in [1.82, 2.24) is 0 Å². The number of oxime groups is 4. The zero-order valence-corrected chi connectivity index (χ0v) is 9.09. The predicted molar refractivity (Wildman–Crippen MR) is 57.1 cm³/mol. The van der Waals surface area contributed by atoms with Crippen molar-refractivity contribution in [2.45, 2.75) is 27.7 Å². The Hall–Kier alpha value is -1.92. The normalized spacial score (nSPS) is 15.5. The molecule has 84 valence electrons. The average Bonchev–Trinajstić information content (AvgIpc) is 2.26. The molecule has 0 rings (SSSR count). The van der Waals surface area contributed by atoms with Gasteiger partial charge in [-0.05, 0) is 27.7 Å². The van der Waals surface area contributed by atoms with Gasteiger partial charge in [-0.2, -0.15) is 0 Å². The van der Waals surface area contributed by atoms with Crippen molar-refractivity contribution in [3.05, 3.63) is 0 Å². The van der Waals surface area contributed by atoms with E-state index < -0.39 is 0 Å². The molecular weight excluding hydrogens is 200 g/mol. The zero-order valence-electron chi connectivity index (χ0n) is 9.09. The molecule has 0 aromatic rings. The summed E-state index contributed by atoms with van der Waals surface area (Å²) in [7, 11) is 0. The monoisotopic (exact) mass is 214 g/mol. The van der Waals surface area contributed by atoms with Crippen LogP contribution >= 0.6 is 0 Å². The third-order valence-electron chi connectivity index (χ3n) is 1.70. The van der Waals surface area contributed by atoms with E-state index in [1.54, 1.807) is 27.7 Å². The first-order valence-corrected chi connectivity index (χ1v) is 4.16. The average molecular weight is 214 g/mol. The fourth-order valence-corrected chi connectivity index (χ4v) is 0.420. The third kappa shape index (κ3) is 4.75. The van der Waals surface area contributed by atoms with Gasteiger partial charge in [-0.15, -0.1) is 0 Å². The summed E-state index contributed by atoms with van der Waals surface area (Å²) in [5.41, 5.74) is 1.45. The minimum Gasteiger partial charge on any atom is -0.411 e. The predicted octanol–water partition coefficient (Wildman–Crippen LogP) is 1.46. The van der Waals surface area contributed by atoms with E-state index in [1.807, 2.05) is 0 Å². The summed E-state index contributed by atoms with van der Waals surface area (Å²) in [6, 6.07) is 0. The van der Waals surface area contributed by atoms with Gasteiger partial charge in [0.2, 0.25) is 0 Å². The zero-order chi connectivity index (χ0) is 11.8. The molecule has 0 atom stereocenters. The van der Waals surface area contributed by atoms with E-state index in [0.717, 1.165) is 0 Å². The molecule has 0 aromatic heterocycles. The van der Waals surface area contributed by atoms with Crippen LogP contribution in [-0.4, -0.2) is 33.3 Å². The molecule has 0 aliphatic heterocycles. The molecule has 0 fully saturated rings. The third-order valence-corrected chi connectivity index (χ3v) is 1.70. The Kier molecular flexibility index (Phi) is 5.69. The van der Waals surface area contributed by atoms with Crippen molar-refractivity contribution >= 4 is 22.8 Å². The fraction of sp³-hybridized carbons (Fsp3) is 0.500. The van der Waals surface area contributed by atoms with Gasteiger partial charge in [-0.1, -0.05) is 20.6 Å². The lowest BCUT2D eigenvalue weighted by Gasteiger charge is -1.96. The smallest absolute Gasteiger partial charge is 0.104 e. The van der Waals surface area contributed by atoms with Crippen LogP contribution in [-0.2, 0) is 4.94 Å².